The van der Waals surface area contributed by atoms with E-state index in [0.717, 1.165) is 12.8 Å². The lowest BCUT2D eigenvalue weighted by Gasteiger charge is -2.03. The Labute approximate surface area is 192 Å². The summed E-state index contributed by atoms with van der Waals surface area (Å²) in [7, 11) is 0. The summed E-state index contributed by atoms with van der Waals surface area (Å²) in [6.07, 6.45) is 24.1. The highest BCUT2D eigenvalue weighted by molar-refractivity contribution is 5.70. The van der Waals surface area contributed by atoms with E-state index < -0.39 is 0 Å². The molecule has 0 amide bonds. The normalized spacial score (nSPS) is 10.8. The SMILES string of the molecule is C=COC(=O)CCCCCCCCCCCCCCCCC.CC=C(C)OC(=O)CC. The molecule has 0 aromatic carbocycles. The van der Waals surface area contributed by atoms with Gasteiger partial charge in [-0.05, 0) is 26.3 Å². The zero-order chi connectivity index (χ0) is 23.6. The van der Waals surface area contributed by atoms with Crippen molar-refractivity contribution in [3.05, 3.63) is 24.7 Å². The number of hydrogen-bond acceptors (Lipinski definition) is 4. The van der Waals surface area contributed by atoms with Crippen LogP contribution in [0.1, 0.15) is 137 Å². The molecule has 0 aliphatic heterocycles. The Hall–Kier alpha value is -1.58. The van der Waals surface area contributed by atoms with Crippen LogP contribution in [0.25, 0.3) is 0 Å². The Morgan fingerprint density at radius 1 is 0.710 bits per heavy atom. The summed E-state index contributed by atoms with van der Waals surface area (Å²) in [4.78, 5) is 21.6. The van der Waals surface area contributed by atoms with Crippen molar-refractivity contribution in [1.82, 2.24) is 0 Å². The van der Waals surface area contributed by atoms with Crippen molar-refractivity contribution >= 4 is 11.9 Å². The van der Waals surface area contributed by atoms with Crippen molar-refractivity contribution in [2.24, 2.45) is 0 Å². The molecule has 0 aromatic rings. The zero-order valence-electron chi connectivity index (χ0n) is 21.0. The molecular weight excluding hydrogens is 388 g/mol. The van der Waals surface area contributed by atoms with Crippen molar-refractivity contribution in [3.63, 3.8) is 0 Å². The van der Waals surface area contributed by atoms with E-state index >= 15 is 0 Å². The van der Waals surface area contributed by atoms with Gasteiger partial charge in [-0.3, -0.25) is 9.59 Å². The lowest BCUT2D eigenvalue weighted by molar-refractivity contribution is -0.139. The predicted octanol–water partition coefficient (Wildman–Crippen LogP) is 8.80. The van der Waals surface area contributed by atoms with Crippen molar-refractivity contribution < 1.29 is 19.1 Å². The van der Waals surface area contributed by atoms with E-state index in [2.05, 4.69) is 18.2 Å². The van der Waals surface area contributed by atoms with Crippen LogP contribution in [0.2, 0.25) is 0 Å². The molecule has 0 heterocycles. The predicted molar refractivity (Wildman–Crippen MR) is 132 cm³/mol. The van der Waals surface area contributed by atoms with Gasteiger partial charge in [-0.25, -0.2) is 0 Å². The first-order valence-electron chi connectivity index (χ1n) is 12.7. The molecule has 0 N–H and O–H groups in total. The molecule has 0 aliphatic rings. The number of hydrogen-bond donors (Lipinski definition) is 0. The fourth-order valence-electron chi connectivity index (χ4n) is 3.10. The first-order chi connectivity index (χ1) is 15.0. The molecule has 0 aliphatic carbocycles. The fraction of sp³-hybridized carbons (Fsp3) is 0.778. The Balaban J connectivity index is 0. The van der Waals surface area contributed by atoms with E-state index in [1.807, 2.05) is 6.92 Å². The Morgan fingerprint density at radius 2 is 1.13 bits per heavy atom. The largest absolute Gasteiger partial charge is 0.435 e. The molecule has 182 valence electrons. The number of ether oxygens (including phenoxy) is 2. The van der Waals surface area contributed by atoms with Crippen LogP contribution in [-0.2, 0) is 19.1 Å². The second-order valence-electron chi connectivity index (χ2n) is 8.08. The monoisotopic (exact) mass is 438 g/mol. The van der Waals surface area contributed by atoms with Crippen LogP contribution in [0.15, 0.2) is 24.7 Å². The van der Waals surface area contributed by atoms with Crippen molar-refractivity contribution in [1.29, 1.82) is 0 Å². The van der Waals surface area contributed by atoms with Crippen LogP contribution in [0.3, 0.4) is 0 Å². The van der Waals surface area contributed by atoms with Gasteiger partial charge in [0.2, 0.25) is 0 Å². The third-order valence-corrected chi connectivity index (χ3v) is 5.17. The molecule has 0 saturated carbocycles. The van der Waals surface area contributed by atoms with Gasteiger partial charge in [0.05, 0.1) is 6.26 Å². The summed E-state index contributed by atoms with van der Waals surface area (Å²) < 4.78 is 9.46. The topological polar surface area (TPSA) is 52.6 Å². The maximum Gasteiger partial charge on any atom is 0.310 e. The van der Waals surface area contributed by atoms with Gasteiger partial charge in [-0.15, -0.1) is 0 Å². The summed E-state index contributed by atoms with van der Waals surface area (Å²) in [5.74, 6) is 0.345. The smallest absolute Gasteiger partial charge is 0.310 e. The Morgan fingerprint density at radius 3 is 1.48 bits per heavy atom. The molecule has 0 atom stereocenters. The standard InChI is InChI=1S/C20H38O2.C7H12O2/c1-3-5-6-7-8-9-10-11-12-13-14-15-16-17-18-19-20(21)22-4-2;1-4-6(3)9-7(8)5-2/h4H,2-3,5-19H2,1H3;4H,5H2,1-3H3. The Bertz CT molecular complexity index is 454. The van der Waals surface area contributed by atoms with E-state index in [4.69, 9.17) is 4.74 Å². The molecule has 0 spiro atoms. The molecule has 0 aromatic heterocycles. The maximum atomic E-state index is 11.1. The van der Waals surface area contributed by atoms with Gasteiger partial charge in [0, 0.05) is 12.8 Å². The summed E-state index contributed by atoms with van der Waals surface area (Å²) in [5, 5.41) is 0. The summed E-state index contributed by atoms with van der Waals surface area (Å²) in [6.45, 7) is 11.0. The minimum Gasteiger partial charge on any atom is -0.435 e. The first kappa shape index (κ1) is 31.6. The van der Waals surface area contributed by atoms with Gasteiger partial charge in [0.25, 0.3) is 0 Å². The number of rotatable bonds is 19. The lowest BCUT2D eigenvalue weighted by Crippen LogP contribution is -1.99. The van der Waals surface area contributed by atoms with Gasteiger partial charge < -0.3 is 9.47 Å². The minimum atomic E-state index is -0.175. The fourth-order valence-corrected chi connectivity index (χ4v) is 3.10. The third-order valence-electron chi connectivity index (χ3n) is 5.17. The van der Waals surface area contributed by atoms with Gasteiger partial charge in [-0.1, -0.05) is 110 Å². The second-order valence-corrected chi connectivity index (χ2v) is 8.08. The highest BCUT2D eigenvalue weighted by atomic mass is 16.5. The molecule has 0 rings (SSSR count). The Kier molecular flexibility index (Phi) is 27.0. The summed E-state index contributed by atoms with van der Waals surface area (Å²) in [6, 6.07) is 0. The summed E-state index contributed by atoms with van der Waals surface area (Å²) >= 11 is 0. The van der Waals surface area contributed by atoms with Crippen LogP contribution in [0, 0.1) is 0 Å². The van der Waals surface area contributed by atoms with Crippen LogP contribution in [0.4, 0.5) is 0 Å². The van der Waals surface area contributed by atoms with Gasteiger partial charge in [-0.2, -0.15) is 0 Å². The quantitative estimate of drug-likeness (QED) is 0.115. The van der Waals surface area contributed by atoms with E-state index in [1.165, 1.54) is 89.7 Å². The van der Waals surface area contributed by atoms with Gasteiger partial charge in [0.15, 0.2) is 0 Å². The van der Waals surface area contributed by atoms with E-state index in [1.54, 1.807) is 19.9 Å². The molecule has 0 unspecified atom stereocenters. The van der Waals surface area contributed by atoms with E-state index in [-0.39, 0.29) is 11.9 Å². The molecule has 4 nitrogen and oxygen atoms in total. The van der Waals surface area contributed by atoms with Crippen LogP contribution in [0.5, 0.6) is 0 Å². The molecule has 4 heteroatoms. The number of carbonyl (C=O) groups excluding carboxylic acids is 2. The first-order valence-corrected chi connectivity index (χ1v) is 12.7. The molecule has 31 heavy (non-hydrogen) atoms. The highest BCUT2D eigenvalue weighted by Gasteiger charge is 2.00. The maximum absolute atomic E-state index is 11.1. The van der Waals surface area contributed by atoms with Crippen molar-refractivity contribution in [2.45, 2.75) is 137 Å². The third kappa shape index (κ3) is 28.4. The van der Waals surface area contributed by atoms with E-state index in [9.17, 15) is 9.59 Å². The highest BCUT2D eigenvalue weighted by Crippen LogP contribution is 2.13. The van der Waals surface area contributed by atoms with E-state index in [0.29, 0.717) is 18.6 Å². The average molecular weight is 439 g/mol. The zero-order valence-corrected chi connectivity index (χ0v) is 21.0. The van der Waals surface area contributed by atoms with Gasteiger partial charge in [0.1, 0.15) is 5.76 Å². The summed E-state index contributed by atoms with van der Waals surface area (Å²) in [5.41, 5.74) is 0. The molecular formula is C27H50O4. The van der Waals surface area contributed by atoms with Crippen LogP contribution >= 0.6 is 0 Å². The van der Waals surface area contributed by atoms with Crippen LogP contribution < -0.4 is 0 Å². The molecule has 0 bridgehead atoms. The van der Waals surface area contributed by atoms with Gasteiger partial charge >= 0.3 is 11.9 Å². The lowest BCUT2D eigenvalue weighted by atomic mass is 10.0. The molecule has 0 saturated heterocycles. The number of unbranched alkanes of at least 4 members (excludes halogenated alkanes) is 14. The molecule has 0 radical (unpaired) electrons. The number of allylic oxidation sites excluding steroid dienone is 2. The molecule has 0 fully saturated rings. The average Bonchev–Trinajstić information content (AvgIpc) is 2.76. The second kappa shape index (κ2) is 26.5. The number of carbonyl (C=O) groups is 2. The van der Waals surface area contributed by atoms with Crippen LogP contribution in [-0.4, -0.2) is 11.9 Å². The van der Waals surface area contributed by atoms with Crippen molar-refractivity contribution in [3.8, 4) is 0 Å². The number of esters is 2. The van der Waals surface area contributed by atoms with Crippen molar-refractivity contribution in [2.75, 3.05) is 0 Å². The minimum absolute atomic E-state index is 0.148.